The number of nitrogen functional groups attached to an aromatic ring is 1. The van der Waals surface area contributed by atoms with Gasteiger partial charge in [0.15, 0.2) is 0 Å². The predicted octanol–water partition coefficient (Wildman–Crippen LogP) is 2.91. The van der Waals surface area contributed by atoms with Gasteiger partial charge in [-0.25, -0.2) is 12.8 Å². The zero-order valence-corrected chi connectivity index (χ0v) is 13.7. The summed E-state index contributed by atoms with van der Waals surface area (Å²) in [4.78, 5) is 1.02. The fraction of sp³-hybridized carbons (Fsp3) is 0.286. The molecule has 1 aromatic carbocycles. The van der Waals surface area contributed by atoms with Crippen LogP contribution in [0.5, 0.6) is 0 Å². The third kappa shape index (κ3) is 3.09. The van der Waals surface area contributed by atoms with Crippen LogP contribution in [0.4, 0.5) is 10.1 Å². The first-order valence-corrected chi connectivity index (χ1v) is 8.60. The number of nitrogens with zero attached hydrogens (tertiary/aromatic N) is 1. The Labute approximate surface area is 128 Å². The first-order valence-electron chi connectivity index (χ1n) is 6.28. The summed E-state index contributed by atoms with van der Waals surface area (Å²) in [6.07, 6.45) is 0. The molecule has 0 aliphatic heterocycles. The van der Waals surface area contributed by atoms with Crippen molar-refractivity contribution in [3.63, 3.8) is 0 Å². The predicted molar refractivity (Wildman–Crippen MR) is 83.3 cm³/mol. The number of halogens is 1. The normalized spacial score (nSPS) is 12.0. The van der Waals surface area contributed by atoms with E-state index in [0.717, 1.165) is 16.5 Å². The van der Waals surface area contributed by atoms with E-state index in [2.05, 4.69) is 0 Å². The van der Waals surface area contributed by atoms with E-state index in [-0.39, 0.29) is 17.1 Å². The molecule has 1 aromatic heterocycles. The second-order valence-electron chi connectivity index (χ2n) is 4.93. The van der Waals surface area contributed by atoms with Crippen LogP contribution in [-0.4, -0.2) is 19.8 Å². The zero-order valence-electron chi connectivity index (χ0n) is 12.1. The summed E-state index contributed by atoms with van der Waals surface area (Å²) < 4.78 is 39.8. The molecule has 0 spiro atoms. The van der Waals surface area contributed by atoms with Crippen LogP contribution >= 0.6 is 11.3 Å². The van der Waals surface area contributed by atoms with Crippen molar-refractivity contribution in [2.75, 3.05) is 12.8 Å². The summed E-state index contributed by atoms with van der Waals surface area (Å²) in [6.45, 7) is 3.77. The number of benzene rings is 1. The lowest BCUT2D eigenvalue weighted by Gasteiger charge is -2.19. The number of anilines is 1. The van der Waals surface area contributed by atoms with Crippen LogP contribution in [0.25, 0.3) is 0 Å². The highest BCUT2D eigenvalue weighted by Gasteiger charge is 2.24. The van der Waals surface area contributed by atoms with Crippen molar-refractivity contribution in [2.45, 2.75) is 25.3 Å². The lowest BCUT2D eigenvalue weighted by Crippen LogP contribution is -2.27. The quantitative estimate of drug-likeness (QED) is 0.878. The fourth-order valence-corrected chi connectivity index (χ4v) is 4.38. The zero-order chi connectivity index (χ0) is 15.8. The van der Waals surface area contributed by atoms with Crippen LogP contribution in [-0.2, 0) is 16.6 Å². The number of aryl methyl sites for hydroxylation is 2. The highest BCUT2D eigenvalue weighted by atomic mass is 32.2. The van der Waals surface area contributed by atoms with Crippen molar-refractivity contribution in [1.29, 1.82) is 0 Å². The van der Waals surface area contributed by atoms with Gasteiger partial charge in [0.2, 0.25) is 10.0 Å². The van der Waals surface area contributed by atoms with Gasteiger partial charge in [0, 0.05) is 18.5 Å². The van der Waals surface area contributed by atoms with Gasteiger partial charge in [-0.15, -0.1) is 11.3 Å². The van der Waals surface area contributed by atoms with Gasteiger partial charge in [-0.2, -0.15) is 4.31 Å². The van der Waals surface area contributed by atoms with E-state index in [9.17, 15) is 12.8 Å². The first kappa shape index (κ1) is 15.9. The first-order chi connectivity index (χ1) is 9.73. The van der Waals surface area contributed by atoms with E-state index < -0.39 is 15.8 Å². The summed E-state index contributed by atoms with van der Waals surface area (Å²) in [6, 6.07) is 4.27. The highest BCUT2D eigenvalue weighted by molar-refractivity contribution is 7.89. The molecule has 0 atom stereocenters. The Hall–Kier alpha value is -1.44. The molecule has 0 unspecified atom stereocenters. The molecule has 0 aliphatic carbocycles. The molecule has 0 aliphatic rings. The van der Waals surface area contributed by atoms with Crippen molar-refractivity contribution < 1.29 is 12.8 Å². The molecule has 0 amide bonds. The Balaban J connectivity index is 2.38. The summed E-state index contributed by atoms with van der Waals surface area (Å²) in [7, 11) is -2.20. The van der Waals surface area contributed by atoms with Crippen LogP contribution < -0.4 is 5.73 Å². The topological polar surface area (TPSA) is 63.4 Å². The molecule has 0 radical (unpaired) electrons. The summed E-state index contributed by atoms with van der Waals surface area (Å²) in [5.41, 5.74) is 6.72. The van der Waals surface area contributed by atoms with Crippen LogP contribution in [0.3, 0.4) is 0 Å². The summed E-state index contributed by atoms with van der Waals surface area (Å²) in [5, 5.41) is 1.92. The molecule has 0 bridgehead atoms. The largest absolute Gasteiger partial charge is 0.396 e. The number of thiophene rings is 1. The van der Waals surface area contributed by atoms with Gasteiger partial charge >= 0.3 is 0 Å². The van der Waals surface area contributed by atoms with Crippen molar-refractivity contribution >= 4 is 27.0 Å². The van der Waals surface area contributed by atoms with Gasteiger partial charge in [0.05, 0.1) is 10.6 Å². The Morgan fingerprint density at radius 3 is 2.52 bits per heavy atom. The van der Waals surface area contributed by atoms with Crippen molar-refractivity contribution in [2.24, 2.45) is 0 Å². The van der Waals surface area contributed by atoms with Crippen LogP contribution in [0.1, 0.15) is 16.0 Å². The lowest BCUT2D eigenvalue weighted by molar-refractivity contribution is 0.468. The van der Waals surface area contributed by atoms with Gasteiger partial charge in [0.1, 0.15) is 5.82 Å². The molecule has 0 saturated heterocycles. The maximum atomic E-state index is 13.4. The molecule has 114 valence electrons. The van der Waals surface area contributed by atoms with Crippen LogP contribution in [0.2, 0.25) is 0 Å². The second kappa shape index (κ2) is 5.75. The molecule has 2 aromatic rings. The van der Waals surface area contributed by atoms with Gasteiger partial charge in [-0.1, -0.05) is 0 Å². The third-order valence-electron chi connectivity index (χ3n) is 3.32. The molecule has 2 N–H and O–H groups in total. The number of hydrogen-bond acceptors (Lipinski definition) is 4. The van der Waals surface area contributed by atoms with Crippen molar-refractivity contribution in [3.8, 4) is 0 Å². The minimum Gasteiger partial charge on any atom is -0.396 e. The molecular weight excluding hydrogens is 311 g/mol. The lowest BCUT2D eigenvalue weighted by atomic mass is 10.2. The average Bonchev–Trinajstić information content (AvgIpc) is 2.79. The highest BCUT2D eigenvalue weighted by Crippen LogP contribution is 2.26. The summed E-state index contributed by atoms with van der Waals surface area (Å²) >= 11 is 1.51. The standard InChI is InChI=1S/C14H17FN2O2S2/c1-9-4-5-20-13(9)8-17(3)21(18,19)14-7-12(16)11(15)6-10(14)2/h4-7H,8,16H2,1-3H3. The monoisotopic (exact) mass is 328 g/mol. The number of nitrogens with two attached hydrogens (primary N) is 1. The molecule has 1 heterocycles. The third-order valence-corrected chi connectivity index (χ3v) is 6.27. The number of hydrogen-bond donors (Lipinski definition) is 1. The second-order valence-corrected chi connectivity index (χ2v) is 7.94. The molecule has 2 rings (SSSR count). The average molecular weight is 328 g/mol. The Bertz CT molecular complexity index is 769. The molecule has 0 fully saturated rings. The molecule has 21 heavy (non-hydrogen) atoms. The van der Waals surface area contributed by atoms with Crippen molar-refractivity contribution in [3.05, 3.63) is 45.4 Å². The number of sulfonamides is 1. The van der Waals surface area contributed by atoms with E-state index in [1.165, 1.54) is 28.8 Å². The van der Waals surface area contributed by atoms with E-state index >= 15 is 0 Å². The van der Waals surface area contributed by atoms with Gasteiger partial charge < -0.3 is 5.73 Å². The smallest absolute Gasteiger partial charge is 0.243 e. The van der Waals surface area contributed by atoms with Crippen LogP contribution in [0.15, 0.2) is 28.5 Å². The Kier molecular flexibility index (Phi) is 4.36. The molecule has 7 heteroatoms. The molecular formula is C14H17FN2O2S2. The van der Waals surface area contributed by atoms with Gasteiger partial charge in [-0.3, -0.25) is 0 Å². The maximum absolute atomic E-state index is 13.4. The SMILES string of the molecule is Cc1cc(F)c(N)cc1S(=O)(=O)N(C)Cc1sccc1C. The maximum Gasteiger partial charge on any atom is 0.243 e. The van der Waals surface area contributed by atoms with Crippen LogP contribution in [0, 0.1) is 19.7 Å². The minimum atomic E-state index is -3.71. The van der Waals surface area contributed by atoms with E-state index in [1.807, 2.05) is 18.4 Å². The fourth-order valence-electron chi connectivity index (χ4n) is 1.97. The van der Waals surface area contributed by atoms with E-state index in [4.69, 9.17) is 5.73 Å². The Morgan fingerprint density at radius 2 is 1.95 bits per heavy atom. The minimum absolute atomic E-state index is 0.0399. The van der Waals surface area contributed by atoms with Crippen molar-refractivity contribution in [1.82, 2.24) is 4.31 Å². The van der Waals surface area contributed by atoms with Gasteiger partial charge in [-0.05, 0) is 48.6 Å². The van der Waals surface area contributed by atoms with Gasteiger partial charge in [0.25, 0.3) is 0 Å². The van der Waals surface area contributed by atoms with E-state index in [1.54, 1.807) is 6.92 Å². The van der Waals surface area contributed by atoms with E-state index in [0.29, 0.717) is 5.56 Å². The Morgan fingerprint density at radius 1 is 1.29 bits per heavy atom. The molecule has 0 saturated carbocycles. The number of rotatable bonds is 4. The summed E-state index contributed by atoms with van der Waals surface area (Å²) in [5.74, 6) is -0.608. The molecule has 4 nitrogen and oxygen atoms in total.